The van der Waals surface area contributed by atoms with Crippen molar-refractivity contribution in [2.75, 3.05) is 7.11 Å². The fourth-order valence-electron chi connectivity index (χ4n) is 2.59. The Morgan fingerprint density at radius 2 is 1.86 bits per heavy atom. The molecule has 0 radical (unpaired) electrons. The number of nitrogens with zero attached hydrogens (tertiary/aromatic N) is 2. The Morgan fingerprint density at radius 3 is 2.50 bits per heavy atom. The fraction of sp³-hybridized carbons (Fsp3) is 0.158. The van der Waals surface area contributed by atoms with Crippen molar-refractivity contribution in [3.8, 4) is 11.4 Å². The van der Waals surface area contributed by atoms with Gasteiger partial charge in [0.05, 0.1) is 29.0 Å². The highest BCUT2D eigenvalue weighted by atomic mass is 32.2. The number of para-hydroxylation sites is 1. The van der Waals surface area contributed by atoms with Gasteiger partial charge in [0.15, 0.2) is 5.16 Å². The van der Waals surface area contributed by atoms with Gasteiger partial charge in [-0.1, -0.05) is 23.9 Å². The summed E-state index contributed by atoms with van der Waals surface area (Å²) >= 11 is 1.05. The summed E-state index contributed by atoms with van der Waals surface area (Å²) in [6.07, 6.45) is 0. The molecule has 1 atom stereocenters. The van der Waals surface area contributed by atoms with E-state index in [9.17, 15) is 14.4 Å². The number of benzene rings is 2. The highest BCUT2D eigenvalue weighted by Gasteiger charge is 2.21. The number of primary amides is 1. The van der Waals surface area contributed by atoms with Crippen molar-refractivity contribution in [2.45, 2.75) is 17.3 Å². The third-order valence-electron chi connectivity index (χ3n) is 3.97. The van der Waals surface area contributed by atoms with Crippen molar-refractivity contribution in [2.24, 2.45) is 5.73 Å². The molecule has 3 aromatic rings. The van der Waals surface area contributed by atoms with Crippen molar-refractivity contribution in [1.82, 2.24) is 14.9 Å². The Bertz CT molecular complexity index is 1100. The highest BCUT2D eigenvalue weighted by molar-refractivity contribution is 8.00. The highest BCUT2D eigenvalue weighted by Crippen LogP contribution is 2.26. The molecule has 1 aromatic heterocycles. The molecule has 2 aromatic carbocycles. The largest absolute Gasteiger partial charge is 0.497 e. The van der Waals surface area contributed by atoms with Gasteiger partial charge in [-0.05, 0) is 43.3 Å². The standard InChI is InChI=1S/C19H18N4O4S/c1-11(16(24)22-18(20)26)28-19-21-15-6-4-3-5-14(15)17(25)23(19)12-7-9-13(27-2)10-8-12/h3-11H,1-2H3,(H3,20,22,24,26)/t11-/m0/s1. The number of hydrogen-bond acceptors (Lipinski definition) is 6. The maximum absolute atomic E-state index is 13.1. The minimum Gasteiger partial charge on any atom is -0.497 e. The van der Waals surface area contributed by atoms with Gasteiger partial charge in [-0.3, -0.25) is 19.5 Å². The van der Waals surface area contributed by atoms with Crippen LogP contribution in [0.2, 0.25) is 0 Å². The van der Waals surface area contributed by atoms with E-state index in [2.05, 4.69) is 4.98 Å². The van der Waals surface area contributed by atoms with Crippen LogP contribution in [0, 0.1) is 0 Å². The lowest BCUT2D eigenvalue weighted by Gasteiger charge is -2.16. The van der Waals surface area contributed by atoms with Crippen molar-refractivity contribution in [1.29, 1.82) is 0 Å². The van der Waals surface area contributed by atoms with Crippen LogP contribution in [0.5, 0.6) is 5.75 Å². The van der Waals surface area contributed by atoms with Crippen molar-refractivity contribution in [3.63, 3.8) is 0 Å². The molecule has 0 aliphatic rings. The number of urea groups is 1. The van der Waals surface area contributed by atoms with Gasteiger partial charge in [-0.2, -0.15) is 0 Å². The van der Waals surface area contributed by atoms with Crippen molar-refractivity contribution >= 4 is 34.6 Å². The molecule has 3 amide bonds. The Labute approximate surface area is 164 Å². The number of carbonyl (C=O) groups excluding carboxylic acids is 2. The molecule has 1 heterocycles. The van der Waals surface area contributed by atoms with E-state index in [0.717, 1.165) is 11.8 Å². The number of nitrogens with two attached hydrogens (primary N) is 1. The summed E-state index contributed by atoms with van der Waals surface area (Å²) in [5.41, 5.74) is 5.84. The number of fused-ring (bicyclic) bond motifs is 1. The van der Waals surface area contributed by atoms with E-state index in [1.807, 2.05) is 5.32 Å². The molecule has 0 aliphatic carbocycles. The molecule has 28 heavy (non-hydrogen) atoms. The fourth-order valence-corrected chi connectivity index (χ4v) is 3.51. The molecule has 0 unspecified atom stereocenters. The minimum atomic E-state index is -0.934. The van der Waals surface area contributed by atoms with Crippen LogP contribution in [0.15, 0.2) is 58.5 Å². The summed E-state index contributed by atoms with van der Waals surface area (Å²) in [5, 5.41) is 2.11. The number of hydrogen-bond donors (Lipinski definition) is 2. The molecule has 0 saturated heterocycles. The summed E-state index contributed by atoms with van der Waals surface area (Å²) in [4.78, 5) is 40.7. The predicted octanol–water partition coefficient (Wildman–Crippen LogP) is 2.07. The van der Waals surface area contributed by atoms with E-state index >= 15 is 0 Å². The van der Waals surface area contributed by atoms with Crippen LogP contribution in [0.4, 0.5) is 4.79 Å². The normalized spacial score (nSPS) is 11.8. The van der Waals surface area contributed by atoms with Crippen LogP contribution in [-0.4, -0.2) is 33.8 Å². The molecule has 8 nitrogen and oxygen atoms in total. The van der Waals surface area contributed by atoms with Crippen molar-refractivity contribution < 1.29 is 14.3 Å². The summed E-state index contributed by atoms with van der Waals surface area (Å²) in [5.74, 6) is 0.0788. The first-order chi connectivity index (χ1) is 13.4. The van der Waals surface area contributed by atoms with Crippen LogP contribution >= 0.6 is 11.8 Å². The number of ether oxygens (including phenoxy) is 1. The number of carbonyl (C=O) groups is 2. The van der Waals surface area contributed by atoms with Crippen LogP contribution < -0.4 is 21.3 Å². The van der Waals surface area contributed by atoms with Gasteiger partial charge >= 0.3 is 6.03 Å². The first kappa shape index (κ1) is 19.4. The molecular weight excluding hydrogens is 380 g/mol. The monoisotopic (exact) mass is 398 g/mol. The summed E-state index contributed by atoms with van der Waals surface area (Å²) in [6.45, 7) is 1.60. The van der Waals surface area contributed by atoms with Crippen LogP contribution in [0.1, 0.15) is 6.92 Å². The molecule has 0 aliphatic heterocycles. The first-order valence-electron chi connectivity index (χ1n) is 8.34. The van der Waals surface area contributed by atoms with E-state index in [4.69, 9.17) is 10.5 Å². The van der Waals surface area contributed by atoms with Gasteiger partial charge in [0.1, 0.15) is 5.75 Å². The number of thioether (sulfide) groups is 1. The van der Waals surface area contributed by atoms with E-state index in [-0.39, 0.29) is 5.56 Å². The number of methoxy groups -OCH3 is 1. The van der Waals surface area contributed by atoms with Gasteiger partial charge in [0.2, 0.25) is 5.91 Å². The molecule has 3 rings (SSSR count). The van der Waals surface area contributed by atoms with Crippen molar-refractivity contribution in [3.05, 3.63) is 58.9 Å². The number of nitrogens with one attached hydrogen (secondary N) is 1. The zero-order valence-corrected chi connectivity index (χ0v) is 16.0. The summed E-state index contributed by atoms with van der Waals surface area (Å²) in [7, 11) is 1.55. The smallest absolute Gasteiger partial charge is 0.318 e. The van der Waals surface area contributed by atoms with Crippen LogP contribution in [0.25, 0.3) is 16.6 Å². The molecule has 3 N–H and O–H groups in total. The van der Waals surface area contributed by atoms with Gasteiger partial charge < -0.3 is 10.5 Å². The quantitative estimate of drug-likeness (QED) is 0.502. The Hall–Kier alpha value is -3.33. The lowest BCUT2D eigenvalue weighted by atomic mass is 10.2. The second kappa shape index (κ2) is 8.13. The lowest BCUT2D eigenvalue weighted by Crippen LogP contribution is -2.39. The maximum atomic E-state index is 13.1. The van der Waals surface area contributed by atoms with Gasteiger partial charge in [0.25, 0.3) is 5.56 Å². The molecule has 144 valence electrons. The molecular formula is C19H18N4O4S. The van der Waals surface area contributed by atoms with Gasteiger partial charge in [0, 0.05) is 0 Å². The number of aromatic nitrogens is 2. The minimum absolute atomic E-state index is 0.263. The maximum Gasteiger partial charge on any atom is 0.318 e. The number of amides is 3. The second-order valence-electron chi connectivity index (χ2n) is 5.86. The summed E-state index contributed by atoms with van der Waals surface area (Å²) in [6, 6.07) is 13.0. The second-order valence-corrected chi connectivity index (χ2v) is 7.17. The topological polar surface area (TPSA) is 116 Å². The molecule has 0 saturated carbocycles. The Kier molecular flexibility index (Phi) is 5.65. The predicted molar refractivity (Wildman–Crippen MR) is 107 cm³/mol. The zero-order chi connectivity index (χ0) is 20.3. The molecule has 0 fully saturated rings. The number of rotatable bonds is 5. The number of imide groups is 1. The zero-order valence-electron chi connectivity index (χ0n) is 15.2. The molecule has 0 spiro atoms. The summed E-state index contributed by atoms with van der Waals surface area (Å²) < 4.78 is 6.59. The third kappa shape index (κ3) is 3.99. The Balaban J connectivity index is 2.12. The van der Waals surface area contributed by atoms with E-state index < -0.39 is 17.2 Å². The Morgan fingerprint density at radius 1 is 1.18 bits per heavy atom. The third-order valence-corrected chi connectivity index (χ3v) is 5.03. The van der Waals surface area contributed by atoms with Crippen LogP contribution in [0.3, 0.4) is 0 Å². The van der Waals surface area contributed by atoms with E-state index in [1.54, 1.807) is 62.6 Å². The van der Waals surface area contributed by atoms with E-state index in [0.29, 0.717) is 27.5 Å². The SMILES string of the molecule is COc1ccc(-n2c(S[C@@H](C)C(=O)NC(N)=O)nc3ccccc3c2=O)cc1. The molecule has 0 bridgehead atoms. The first-order valence-corrected chi connectivity index (χ1v) is 9.22. The van der Waals surface area contributed by atoms with Gasteiger partial charge in [-0.25, -0.2) is 9.78 Å². The average molecular weight is 398 g/mol. The van der Waals surface area contributed by atoms with Crippen LogP contribution in [-0.2, 0) is 4.79 Å². The molecule has 9 heteroatoms. The van der Waals surface area contributed by atoms with Gasteiger partial charge in [-0.15, -0.1) is 0 Å². The lowest BCUT2D eigenvalue weighted by molar-refractivity contribution is -0.119. The van der Waals surface area contributed by atoms with E-state index in [1.165, 1.54) is 4.57 Å². The average Bonchev–Trinajstić information content (AvgIpc) is 2.68.